The number of carbonyl (C=O) groups is 2. The predicted octanol–water partition coefficient (Wildman–Crippen LogP) is 1.40. The van der Waals surface area contributed by atoms with Gasteiger partial charge in [-0.3, -0.25) is 14.5 Å². The lowest BCUT2D eigenvalue weighted by atomic mass is 10.1. The van der Waals surface area contributed by atoms with Gasteiger partial charge in [0.15, 0.2) is 6.61 Å². The SMILES string of the molecule is CCc1cc(=O)oc2cc(OCC(=O)N3CCN(CC(=O)NC(C)C)CC3)ccc12. The van der Waals surface area contributed by atoms with Gasteiger partial charge >= 0.3 is 5.63 Å². The number of nitrogens with one attached hydrogen (secondary N) is 1. The molecule has 8 heteroatoms. The van der Waals surface area contributed by atoms with Crippen molar-refractivity contribution in [3.8, 4) is 5.75 Å². The largest absolute Gasteiger partial charge is 0.484 e. The molecule has 0 bridgehead atoms. The number of aryl methyl sites for hydroxylation is 1. The van der Waals surface area contributed by atoms with Crippen molar-refractivity contribution in [1.82, 2.24) is 15.1 Å². The van der Waals surface area contributed by atoms with Gasteiger partial charge < -0.3 is 19.4 Å². The first-order valence-electron chi connectivity index (χ1n) is 10.3. The van der Waals surface area contributed by atoms with Crippen molar-refractivity contribution < 1.29 is 18.7 Å². The molecular weight excluding hydrogens is 386 g/mol. The van der Waals surface area contributed by atoms with E-state index in [0.717, 1.165) is 17.4 Å². The van der Waals surface area contributed by atoms with Crippen molar-refractivity contribution in [2.24, 2.45) is 0 Å². The minimum absolute atomic E-state index is 0.00213. The number of hydrogen-bond donors (Lipinski definition) is 1. The topological polar surface area (TPSA) is 92.1 Å². The van der Waals surface area contributed by atoms with E-state index in [2.05, 4.69) is 5.32 Å². The number of carbonyl (C=O) groups excluding carboxylic acids is 2. The molecule has 2 aromatic rings. The molecule has 1 aromatic carbocycles. The third kappa shape index (κ3) is 5.60. The Balaban J connectivity index is 1.51. The van der Waals surface area contributed by atoms with Crippen LogP contribution in [0.15, 0.2) is 33.5 Å². The van der Waals surface area contributed by atoms with Crippen molar-refractivity contribution in [1.29, 1.82) is 0 Å². The summed E-state index contributed by atoms with van der Waals surface area (Å²) in [5.74, 6) is 0.378. The molecule has 1 fully saturated rings. The summed E-state index contributed by atoms with van der Waals surface area (Å²) in [6.45, 7) is 8.52. The van der Waals surface area contributed by atoms with Gasteiger partial charge in [-0.2, -0.15) is 0 Å². The summed E-state index contributed by atoms with van der Waals surface area (Å²) in [7, 11) is 0. The molecular formula is C22H29N3O5. The van der Waals surface area contributed by atoms with E-state index in [1.807, 2.05) is 31.7 Å². The second-order valence-electron chi connectivity index (χ2n) is 7.77. The molecule has 3 rings (SSSR count). The number of ether oxygens (including phenoxy) is 1. The Labute approximate surface area is 175 Å². The first kappa shape index (κ1) is 21.8. The number of nitrogens with zero attached hydrogens (tertiary/aromatic N) is 2. The standard InChI is InChI=1S/C22H29N3O5/c1-4-16-11-22(28)30-19-12-17(5-6-18(16)19)29-14-21(27)25-9-7-24(8-10-25)13-20(26)23-15(2)3/h5-6,11-12,15H,4,7-10,13-14H2,1-3H3,(H,23,26). The van der Waals surface area contributed by atoms with E-state index in [-0.39, 0.29) is 24.5 Å². The second kappa shape index (κ2) is 9.75. The number of hydrogen-bond acceptors (Lipinski definition) is 6. The van der Waals surface area contributed by atoms with Gasteiger partial charge in [-0.15, -0.1) is 0 Å². The quantitative estimate of drug-likeness (QED) is 0.688. The van der Waals surface area contributed by atoms with Crippen molar-refractivity contribution in [3.05, 3.63) is 40.2 Å². The summed E-state index contributed by atoms with van der Waals surface area (Å²) in [5.41, 5.74) is 0.980. The van der Waals surface area contributed by atoms with Gasteiger partial charge in [0.05, 0.1) is 6.54 Å². The van der Waals surface area contributed by atoms with Crippen molar-refractivity contribution in [2.75, 3.05) is 39.3 Å². The van der Waals surface area contributed by atoms with Crippen LogP contribution in [0.5, 0.6) is 5.75 Å². The van der Waals surface area contributed by atoms with Crippen molar-refractivity contribution in [3.63, 3.8) is 0 Å². The molecule has 1 saturated heterocycles. The molecule has 8 nitrogen and oxygen atoms in total. The van der Waals surface area contributed by atoms with Crippen LogP contribution in [-0.4, -0.2) is 67.0 Å². The highest BCUT2D eigenvalue weighted by Gasteiger charge is 2.23. The van der Waals surface area contributed by atoms with Crippen molar-refractivity contribution >= 4 is 22.8 Å². The summed E-state index contributed by atoms with van der Waals surface area (Å²) in [6, 6.07) is 6.89. The maximum Gasteiger partial charge on any atom is 0.336 e. The van der Waals surface area contributed by atoms with E-state index >= 15 is 0 Å². The average molecular weight is 415 g/mol. The lowest BCUT2D eigenvalue weighted by Gasteiger charge is -2.34. The number of benzene rings is 1. The normalized spacial score (nSPS) is 14.9. The summed E-state index contributed by atoms with van der Waals surface area (Å²) >= 11 is 0. The Morgan fingerprint density at radius 1 is 1.17 bits per heavy atom. The molecule has 1 N–H and O–H groups in total. The molecule has 2 heterocycles. The summed E-state index contributed by atoms with van der Waals surface area (Å²) in [4.78, 5) is 39.8. The highest BCUT2D eigenvalue weighted by Crippen LogP contribution is 2.23. The summed E-state index contributed by atoms with van der Waals surface area (Å²) in [5, 5.41) is 3.75. The smallest absolute Gasteiger partial charge is 0.336 e. The van der Waals surface area contributed by atoms with Gasteiger partial charge in [0.2, 0.25) is 5.91 Å². The van der Waals surface area contributed by atoms with E-state index in [1.54, 1.807) is 17.0 Å². The van der Waals surface area contributed by atoms with E-state index < -0.39 is 5.63 Å². The fourth-order valence-electron chi connectivity index (χ4n) is 3.55. The van der Waals surface area contributed by atoms with E-state index in [4.69, 9.17) is 9.15 Å². The number of piperazine rings is 1. The Kier molecular flexibility index (Phi) is 7.10. The third-order valence-electron chi connectivity index (χ3n) is 5.09. The van der Waals surface area contributed by atoms with Gasteiger partial charge in [-0.05, 0) is 38.0 Å². The zero-order chi connectivity index (χ0) is 21.7. The molecule has 0 spiro atoms. The Morgan fingerprint density at radius 2 is 1.90 bits per heavy atom. The lowest BCUT2D eigenvalue weighted by molar-refractivity contribution is -0.135. The van der Waals surface area contributed by atoms with Gasteiger partial charge in [0, 0.05) is 49.7 Å². The second-order valence-corrected chi connectivity index (χ2v) is 7.77. The van der Waals surface area contributed by atoms with E-state index in [0.29, 0.717) is 44.1 Å². The van der Waals surface area contributed by atoms with Gasteiger partial charge in [-0.25, -0.2) is 4.79 Å². The number of amides is 2. The highest BCUT2D eigenvalue weighted by molar-refractivity contribution is 5.82. The molecule has 0 saturated carbocycles. The molecule has 0 unspecified atom stereocenters. The maximum atomic E-state index is 12.5. The zero-order valence-corrected chi connectivity index (χ0v) is 17.8. The summed E-state index contributed by atoms with van der Waals surface area (Å²) < 4.78 is 10.9. The maximum absolute atomic E-state index is 12.5. The molecule has 0 atom stereocenters. The fourth-order valence-corrected chi connectivity index (χ4v) is 3.55. The van der Waals surface area contributed by atoms with Crippen molar-refractivity contribution in [2.45, 2.75) is 33.2 Å². The van der Waals surface area contributed by atoms with Gasteiger partial charge in [-0.1, -0.05) is 6.92 Å². The Hall–Kier alpha value is -2.87. The highest BCUT2D eigenvalue weighted by atomic mass is 16.5. The molecule has 162 valence electrons. The van der Waals surface area contributed by atoms with Crippen LogP contribution in [0.4, 0.5) is 0 Å². The molecule has 30 heavy (non-hydrogen) atoms. The van der Waals surface area contributed by atoms with Crippen LogP contribution in [0.3, 0.4) is 0 Å². The molecule has 0 aliphatic carbocycles. The molecule has 0 radical (unpaired) electrons. The molecule has 1 aliphatic heterocycles. The minimum Gasteiger partial charge on any atom is -0.484 e. The molecule has 1 aromatic heterocycles. The van der Waals surface area contributed by atoms with Gasteiger partial charge in [0.25, 0.3) is 5.91 Å². The van der Waals surface area contributed by atoms with Crippen LogP contribution in [0.1, 0.15) is 26.3 Å². The third-order valence-corrected chi connectivity index (χ3v) is 5.09. The predicted molar refractivity (Wildman–Crippen MR) is 114 cm³/mol. The van der Waals surface area contributed by atoms with E-state index in [9.17, 15) is 14.4 Å². The Bertz CT molecular complexity index is 961. The van der Waals surface area contributed by atoms with Crippen LogP contribution in [-0.2, 0) is 16.0 Å². The average Bonchev–Trinajstić information content (AvgIpc) is 2.70. The molecule has 1 aliphatic rings. The Morgan fingerprint density at radius 3 is 2.57 bits per heavy atom. The monoisotopic (exact) mass is 415 g/mol. The first-order valence-corrected chi connectivity index (χ1v) is 10.3. The minimum atomic E-state index is -0.396. The van der Waals surface area contributed by atoms with Crippen LogP contribution in [0, 0.1) is 0 Å². The fraction of sp³-hybridized carbons (Fsp3) is 0.500. The van der Waals surface area contributed by atoms with E-state index in [1.165, 1.54) is 6.07 Å². The van der Waals surface area contributed by atoms with Gasteiger partial charge in [0.1, 0.15) is 11.3 Å². The molecule has 2 amide bonds. The first-order chi connectivity index (χ1) is 14.4. The lowest BCUT2D eigenvalue weighted by Crippen LogP contribution is -2.52. The van der Waals surface area contributed by atoms with Crippen LogP contribution < -0.4 is 15.7 Å². The summed E-state index contributed by atoms with van der Waals surface area (Å²) in [6.07, 6.45) is 0.728. The van der Waals surface area contributed by atoms with Crippen LogP contribution >= 0.6 is 0 Å². The number of fused-ring (bicyclic) bond motifs is 1. The van der Waals surface area contributed by atoms with Crippen LogP contribution in [0.25, 0.3) is 11.0 Å². The number of rotatable bonds is 7. The zero-order valence-electron chi connectivity index (χ0n) is 17.8. The van der Waals surface area contributed by atoms with Crippen LogP contribution in [0.2, 0.25) is 0 Å².